The number of hydrogen-bond donors (Lipinski definition) is 1. The Labute approximate surface area is 104 Å². The zero-order valence-electron chi connectivity index (χ0n) is 9.74. The number of nitrogens with zero attached hydrogens (tertiary/aromatic N) is 2. The van der Waals surface area contributed by atoms with Crippen molar-refractivity contribution in [3.63, 3.8) is 0 Å². The first-order valence-electron chi connectivity index (χ1n) is 4.83. The van der Waals surface area contributed by atoms with E-state index in [9.17, 15) is 13.2 Å². The third kappa shape index (κ3) is 3.02. The minimum atomic E-state index is -3.82. The highest BCUT2D eigenvalue weighted by atomic mass is 32.2. The maximum Gasteiger partial charge on any atom is 0.323 e. The van der Waals surface area contributed by atoms with Gasteiger partial charge in [-0.15, -0.1) is 11.3 Å². The molecule has 1 heterocycles. The Balaban J connectivity index is 2.87. The van der Waals surface area contributed by atoms with Crippen molar-refractivity contribution in [1.29, 1.82) is 0 Å². The van der Waals surface area contributed by atoms with Crippen molar-refractivity contribution in [2.75, 3.05) is 7.05 Å². The third-order valence-corrected chi connectivity index (χ3v) is 5.45. The van der Waals surface area contributed by atoms with Gasteiger partial charge in [0.15, 0.2) is 5.25 Å². The summed E-state index contributed by atoms with van der Waals surface area (Å²) in [6.07, 6.45) is 0. The second-order valence-corrected chi connectivity index (χ2v) is 6.94. The molecule has 0 aliphatic heterocycles. The van der Waals surface area contributed by atoms with Gasteiger partial charge in [-0.2, -0.15) is 4.31 Å². The van der Waals surface area contributed by atoms with E-state index in [0.29, 0.717) is 0 Å². The maximum atomic E-state index is 11.8. The number of thiazole rings is 1. The lowest BCUT2D eigenvalue weighted by atomic mass is 10.4. The topological polar surface area (TPSA) is 87.6 Å². The van der Waals surface area contributed by atoms with Gasteiger partial charge < -0.3 is 5.11 Å². The number of rotatable bonds is 5. The van der Waals surface area contributed by atoms with Crippen LogP contribution in [-0.2, 0) is 21.4 Å². The molecule has 0 radical (unpaired) electrons. The van der Waals surface area contributed by atoms with Gasteiger partial charge in [0.2, 0.25) is 10.0 Å². The van der Waals surface area contributed by atoms with Crippen LogP contribution in [0.15, 0.2) is 5.51 Å². The predicted molar refractivity (Wildman–Crippen MR) is 64.3 cm³/mol. The Morgan fingerprint density at radius 2 is 2.24 bits per heavy atom. The van der Waals surface area contributed by atoms with Gasteiger partial charge in [-0.25, -0.2) is 13.4 Å². The molecule has 1 atom stereocenters. The van der Waals surface area contributed by atoms with E-state index in [2.05, 4.69) is 4.98 Å². The number of carboxylic acid groups (broad SMARTS) is 1. The zero-order valence-corrected chi connectivity index (χ0v) is 11.4. The lowest BCUT2D eigenvalue weighted by molar-refractivity contribution is -0.136. The summed E-state index contributed by atoms with van der Waals surface area (Å²) in [4.78, 5) is 15.5. The van der Waals surface area contributed by atoms with E-state index < -0.39 is 21.2 Å². The fourth-order valence-corrected chi connectivity index (χ4v) is 3.18. The summed E-state index contributed by atoms with van der Waals surface area (Å²) in [6, 6.07) is 0. The van der Waals surface area contributed by atoms with Crippen LogP contribution in [-0.4, -0.2) is 41.1 Å². The van der Waals surface area contributed by atoms with Crippen LogP contribution in [0.5, 0.6) is 0 Å². The van der Waals surface area contributed by atoms with Gasteiger partial charge in [-0.05, 0) is 13.8 Å². The molecule has 0 saturated heterocycles. The molecular formula is C9H14N2O4S2. The fourth-order valence-electron chi connectivity index (χ4n) is 1.17. The lowest BCUT2D eigenvalue weighted by Crippen LogP contribution is -2.38. The average molecular weight is 278 g/mol. The van der Waals surface area contributed by atoms with Crippen LogP contribution in [0.1, 0.15) is 17.5 Å². The van der Waals surface area contributed by atoms with Crippen molar-refractivity contribution in [1.82, 2.24) is 9.29 Å². The normalized spacial score (nSPS) is 13.9. The van der Waals surface area contributed by atoms with E-state index in [1.54, 1.807) is 12.4 Å². The monoisotopic (exact) mass is 278 g/mol. The number of aromatic nitrogens is 1. The molecule has 0 saturated carbocycles. The molecule has 1 unspecified atom stereocenters. The van der Waals surface area contributed by atoms with Crippen molar-refractivity contribution in [3.8, 4) is 0 Å². The average Bonchev–Trinajstić information content (AvgIpc) is 2.63. The van der Waals surface area contributed by atoms with E-state index in [4.69, 9.17) is 5.11 Å². The molecular weight excluding hydrogens is 264 g/mol. The second kappa shape index (κ2) is 5.11. The van der Waals surface area contributed by atoms with Gasteiger partial charge in [0, 0.05) is 18.5 Å². The van der Waals surface area contributed by atoms with Gasteiger partial charge in [0.1, 0.15) is 0 Å². The molecule has 0 bridgehead atoms. The summed E-state index contributed by atoms with van der Waals surface area (Å²) in [5.41, 5.74) is 2.39. The minimum Gasteiger partial charge on any atom is -0.480 e. The molecule has 0 amide bonds. The molecule has 0 aliphatic rings. The molecule has 1 aromatic heterocycles. The lowest BCUT2D eigenvalue weighted by Gasteiger charge is -2.19. The SMILES string of the molecule is Cc1ncsc1CN(C)S(=O)(=O)C(C)C(=O)O. The largest absolute Gasteiger partial charge is 0.480 e. The molecule has 96 valence electrons. The summed E-state index contributed by atoms with van der Waals surface area (Å²) < 4.78 is 24.7. The Hall–Kier alpha value is -0.990. The molecule has 0 fully saturated rings. The number of aliphatic carboxylic acids is 1. The van der Waals surface area contributed by atoms with Crippen molar-refractivity contribution >= 4 is 27.3 Å². The van der Waals surface area contributed by atoms with Crippen LogP contribution in [0.25, 0.3) is 0 Å². The first-order chi connectivity index (χ1) is 7.76. The Kier molecular flexibility index (Phi) is 4.23. The quantitative estimate of drug-likeness (QED) is 0.856. The van der Waals surface area contributed by atoms with E-state index in [-0.39, 0.29) is 6.54 Å². The first kappa shape index (κ1) is 14.1. The molecule has 0 aromatic carbocycles. The van der Waals surface area contributed by atoms with Crippen molar-refractivity contribution in [3.05, 3.63) is 16.1 Å². The molecule has 17 heavy (non-hydrogen) atoms. The van der Waals surface area contributed by atoms with Gasteiger partial charge >= 0.3 is 5.97 Å². The summed E-state index contributed by atoms with van der Waals surface area (Å²) in [5, 5.41) is 7.29. The van der Waals surface area contributed by atoms with E-state index >= 15 is 0 Å². The van der Waals surface area contributed by atoms with Gasteiger partial charge in [-0.3, -0.25) is 4.79 Å². The first-order valence-corrected chi connectivity index (χ1v) is 7.22. The van der Waals surface area contributed by atoms with Gasteiger partial charge in [-0.1, -0.05) is 0 Å². The second-order valence-electron chi connectivity index (χ2n) is 3.64. The highest BCUT2D eigenvalue weighted by Crippen LogP contribution is 2.17. The van der Waals surface area contributed by atoms with Crippen LogP contribution in [0.4, 0.5) is 0 Å². The van der Waals surface area contributed by atoms with E-state index in [0.717, 1.165) is 21.8 Å². The molecule has 8 heteroatoms. The van der Waals surface area contributed by atoms with Crippen LogP contribution < -0.4 is 0 Å². The van der Waals surface area contributed by atoms with Crippen LogP contribution >= 0.6 is 11.3 Å². The maximum absolute atomic E-state index is 11.8. The van der Waals surface area contributed by atoms with Crippen molar-refractivity contribution in [2.24, 2.45) is 0 Å². The van der Waals surface area contributed by atoms with Crippen molar-refractivity contribution in [2.45, 2.75) is 25.6 Å². The number of hydrogen-bond acceptors (Lipinski definition) is 5. The van der Waals surface area contributed by atoms with E-state index in [1.807, 2.05) is 0 Å². The standard InChI is InChI=1S/C9H14N2O4S2/c1-6-8(16-5-10-6)4-11(3)17(14,15)7(2)9(12)13/h5,7H,4H2,1-3H3,(H,12,13). The smallest absolute Gasteiger partial charge is 0.323 e. The molecule has 0 spiro atoms. The Bertz CT molecular complexity index is 509. The zero-order chi connectivity index (χ0) is 13.2. The van der Waals surface area contributed by atoms with E-state index in [1.165, 1.54) is 18.4 Å². The Morgan fingerprint density at radius 1 is 1.65 bits per heavy atom. The van der Waals surface area contributed by atoms with Gasteiger partial charge in [0.25, 0.3) is 0 Å². The third-order valence-electron chi connectivity index (χ3n) is 2.44. The summed E-state index contributed by atoms with van der Waals surface area (Å²) in [5.74, 6) is -1.35. The molecule has 1 aromatic rings. The number of aryl methyl sites for hydroxylation is 1. The Morgan fingerprint density at radius 3 is 2.65 bits per heavy atom. The van der Waals surface area contributed by atoms with Crippen LogP contribution in [0.3, 0.4) is 0 Å². The van der Waals surface area contributed by atoms with Gasteiger partial charge in [0.05, 0.1) is 11.2 Å². The highest BCUT2D eigenvalue weighted by molar-refractivity contribution is 7.90. The summed E-state index contributed by atoms with van der Waals surface area (Å²) in [6.45, 7) is 3.09. The molecule has 1 N–H and O–H groups in total. The van der Waals surface area contributed by atoms with Crippen LogP contribution in [0, 0.1) is 6.92 Å². The number of sulfonamides is 1. The number of carboxylic acids is 1. The minimum absolute atomic E-state index is 0.149. The molecule has 6 nitrogen and oxygen atoms in total. The molecule has 1 rings (SSSR count). The molecule has 0 aliphatic carbocycles. The van der Waals surface area contributed by atoms with Crippen LogP contribution in [0.2, 0.25) is 0 Å². The highest BCUT2D eigenvalue weighted by Gasteiger charge is 2.31. The summed E-state index contributed by atoms with van der Waals surface area (Å²) in [7, 11) is -2.45. The predicted octanol–water partition coefficient (Wildman–Crippen LogP) is 0.686. The number of carbonyl (C=O) groups is 1. The van der Waals surface area contributed by atoms with Crippen molar-refractivity contribution < 1.29 is 18.3 Å². The fraction of sp³-hybridized carbons (Fsp3) is 0.556. The summed E-state index contributed by atoms with van der Waals surface area (Å²) >= 11 is 1.35.